The molecule has 0 unspecified atom stereocenters. The second kappa shape index (κ2) is 27.5. The number of rotatable bonds is 29. The molecule has 3 N–H and O–H groups in total. The third kappa shape index (κ3) is 17.4. The summed E-state index contributed by atoms with van der Waals surface area (Å²) >= 11 is 0. The van der Waals surface area contributed by atoms with Gasteiger partial charge in [-0.3, -0.25) is 24.0 Å². The molecule has 2 heterocycles. The Morgan fingerprint density at radius 2 is 1.28 bits per heavy atom. The normalized spacial score (nSPS) is 14.6. The van der Waals surface area contributed by atoms with Crippen LogP contribution in [0.15, 0.2) is 48.8 Å². The average Bonchev–Trinajstić information content (AvgIpc) is 3.65. The van der Waals surface area contributed by atoms with Gasteiger partial charge in [0, 0.05) is 94.9 Å². The molecule has 0 radical (unpaired) electrons. The Hall–Kier alpha value is -6.02. The number of ether oxygens (including phenoxy) is 1. The number of nitrogens with two attached hydrogens (primary N) is 1. The summed E-state index contributed by atoms with van der Waals surface area (Å²) in [5, 5.41) is 19.4. The minimum atomic E-state index is -1.60. The van der Waals surface area contributed by atoms with E-state index in [2.05, 4.69) is 4.98 Å². The lowest BCUT2D eigenvalue weighted by Gasteiger charge is -2.34. The Bertz CT molecular complexity index is 2340. The first kappa shape index (κ1) is 59.3. The summed E-state index contributed by atoms with van der Waals surface area (Å²) in [6.45, 7) is 17.2. The predicted molar refractivity (Wildman–Crippen MR) is 269 cm³/mol. The van der Waals surface area contributed by atoms with Crippen molar-refractivity contribution in [3.63, 3.8) is 0 Å². The molecule has 3 amide bonds. The number of benzene rings is 1. The van der Waals surface area contributed by atoms with Crippen LogP contribution in [0.5, 0.6) is 0 Å². The number of carboxylic acids is 1. The summed E-state index contributed by atoms with van der Waals surface area (Å²) in [6.07, 6.45) is 2.11. The Morgan fingerprint density at radius 3 is 1.80 bits per heavy atom. The van der Waals surface area contributed by atoms with E-state index in [9.17, 15) is 33.5 Å². The fourth-order valence-corrected chi connectivity index (χ4v) is 9.15. The molecule has 0 bridgehead atoms. The van der Waals surface area contributed by atoms with Crippen molar-refractivity contribution >= 4 is 52.1 Å². The number of aromatic nitrogens is 2. The van der Waals surface area contributed by atoms with E-state index in [-0.39, 0.29) is 73.9 Å². The molecule has 71 heavy (non-hydrogen) atoms. The van der Waals surface area contributed by atoms with E-state index in [0.717, 1.165) is 21.4 Å². The van der Waals surface area contributed by atoms with Crippen molar-refractivity contribution in [3.05, 3.63) is 65.9 Å². The number of esters is 1. The number of carbonyl (C=O) groups excluding carboxylic acids is 6. The number of hydrogen-bond donors (Lipinski definition) is 2. The Morgan fingerprint density at radius 1 is 0.746 bits per heavy atom. The van der Waals surface area contributed by atoms with E-state index in [1.807, 2.05) is 96.5 Å². The first-order valence-electron chi connectivity index (χ1n) is 24.9. The number of nitrogens with zero attached hydrogens (tertiary/aromatic N) is 6. The molecule has 3 rings (SSSR count). The molecule has 0 aliphatic carbocycles. The lowest BCUT2D eigenvalue weighted by atomic mass is 9.85. The number of para-hydroxylation sites is 1. The van der Waals surface area contributed by atoms with Crippen LogP contribution < -0.4 is 5.73 Å². The molecular formula is C54H78FN7O9. The first-order chi connectivity index (χ1) is 33.3. The van der Waals surface area contributed by atoms with Gasteiger partial charge in [0.15, 0.2) is 17.7 Å². The summed E-state index contributed by atoms with van der Waals surface area (Å²) in [7, 11) is 4.49. The van der Waals surface area contributed by atoms with Gasteiger partial charge in [-0.25, -0.2) is 14.6 Å². The number of likely N-dealkylation sites (N-methyl/N-ethyl adjacent to an activating group) is 3. The van der Waals surface area contributed by atoms with Crippen LogP contribution in [0.2, 0.25) is 0 Å². The zero-order valence-electron chi connectivity index (χ0n) is 43.9. The number of pyridine rings is 1. The number of aliphatic carboxylic acids is 1. The van der Waals surface area contributed by atoms with Crippen LogP contribution >= 0.6 is 0 Å². The molecule has 0 saturated carbocycles. The second-order valence-electron chi connectivity index (χ2n) is 20.9. The van der Waals surface area contributed by atoms with Gasteiger partial charge in [-0.05, 0) is 79.5 Å². The summed E-state index contributed by atoms with van der Waals surface area (Å²) in [4.78, 5) is 106. The molecule has 1 aromatic carbocycles. The molecule has 0 aliphatic rings. The average molecular weight is 988 g/mol. The van der Waals surface area contributed by atoms with Gasteiger partial charge in [0.05, 0.1) is 24.2 Å². The number of hydrogen-bond acceptors (Lipinski definition) is 11. The lowest BCUT2D eigenvalue weighted by Crippen LogP contribution is -2.51. The van der Waals surface area contributed by atoms with Gasteiger partial charge in [0.2, 0.25) is 23.7 Å². The molecule has 390 valence electrons. The van der Waals surface area contributed by atoms with E-state index in [0.29, 0.717) is 31.4 Å². The third-order valence-corrected chi connectivity index (χ3v) is 13.0. The minimum Gasteiger partial charge on any atom is -0.479 e. The summed E-state index contributed by atoms with van der Waals surface area (Å²) in [5.41, 5.74) is 8.58. The van der Waals surface area contributed by atoms with Gasteiger partial charge in [-0.2, -0.15) is 9.65 Å². The topological polar surface area (TPSA) is 226 Å². The SMILES string of the molecule is CC(C)C[C@H](CC(=O)[C@H](Cc1cn(Cc2ccc(F)nc2)c2ccccc12)N(C)C(=O)[C@@H](CC(=O)[C@H](CC(C)C)N(C)C(=O)[C@@H](N)CC(C)C)CC(C)C)C(=O)N(C)[C@@H](C)C(=O)O[C@H](CCC#N)C(=O)O. The van der Waals surface area contributed by atoms with E-state index in [4.69, 9.17) is 15.7 Å². The van der Waals surface area contributed by atoms with Gasteiger partial charge in [0.25, 0.3) is 0 Å². The highest BCUT2D eigenvalue weighted by Crippen LogP contribution is 2.30. The van der Waals surface area contributed by atoms with Crippen molar-refractivity contribution in [2.75, 3.05) is 21.1 Å². The second-order valence-corrected chi connectivity index (χ2v) is 20.9. The highest BCUT2D eigenvalue weighted by molar-refractivity contribution is 5.97. The number of carboxylic acid groups (broad SMARTS) is 1. The largest absolute Gasteiger partial charge is 0.479 e. The maximum Gasteiger partial charge on any atom is 0.345 e. The highest BCUT2D eigenvalue weighted by Gasteiger charge is 2.39. The zero-order valence-corrected chi connectivity index (χ0v) is 43.9. The summed E-state index contributed by atoms with van der Waals surface area (Å²) in [5.74, 6) is -6.99. The molecule has 0 aliphatic heterocycles. The monoisotopic (exact) mass is 988 g/mol. The van der Waals surface area contributed by atoms with Crippen molar-refractivity contribution in [1.82, 2.24) is 24.3 Å². The molecule has 2 aromatic heterocycles. The molecule has 0 spiro atoms. The van der Waals surface area contributed by atoms with Crippen LogP contribution in [0.1, 0.15) is 125 Å². The number of halogens is 1. The van der Waals surface area contributed by atoms with E-state index >= 15 is 9.59 Å². The number of ketones is 2. The van der Waals surface area contributed by atoms with Crippen LogP contribution in [-0.4, -0.2) is 122 Å². The Labute approximate surface area is 419 Å². The van der Waals surface area contributed by atoms with Gasteiger partial charge in [-0.15, -0.1) is 0 Å². The summed E-state index contributed by atoms with van der Waals surface area (Å²) in [6, 6.07) is 8.23. The quantitative estimate of drug-likeness (QED) is 0.0519. The molecular weight excluding hydrogens is 910 g/mol. The predicted octanol–water partition coefficient (Wildman–Crippen LogP) is 7.23. The summed E-state index contributed by atoms with van der Waals surface area (Å²) < 4.78 is 21.0. The highest BCUT2D eigenvalue weighted by atomic mass is 19.1. The number of amides is 3. The molecule has 3 aromatic rings. The van der Waals surface area contributed by atoms with E-state index in [1.165, 1.54) is 43.1 Å². The van der Waals surface area contributed by atoms with Crippen molar-refractivity contribution in [1.29, 1.82) is 5.26 Å². The van der Waals surface area contributed by atoms with Gasteiger partial charge in [-0.1, -0.05) is 79.7 Å². The maximum atomic E-state index is 15.2. The van der Waals surface area contributed by atoms with Crippen molar-refractivity contribution in [3.8, 4) is 6.07 Å². The molecule has 0 saturated heterocycles. The van der Waals surface area contributed by atoms with Crippen LogP contribution in [-0.2, 0) is 51.3 Å². The van der Waals surface area contributed by atoms with Crippen LogP contribution in [0.25, 0.3) is 10.9 Å². The number of nitriles is 1. The van der Waals surface area contributed by atoms with Gasteiger partial charge < -0.3 is 34.8 Å². The third-order valence-electron chi connectivity index (χ3n) is 13.0. The van der Waals surface area contributed by atoms with Gasteiger partial charge >= 0.3 is 11.9 Å². The fourth-order valence-electron chi connectivity index (χ4n) is 9.15. The number of carbonyl (C=O) groups is 7. The smallest absolute Gasteiger partial charge is 0.345 e. The van der Waals surface area contributed by atoms with Crippen LogP contribution in [0.3, 0.4) is 0 Å². The molecule has 7 atom stereocenters. The first-order valence-corrected chi connectivity index (χ1v) is 24.9. The van der Waals surface area contributed by atoms with Crippen molar-refractivity contribution in [2.45, 2.75) is 157 Å². The molecule has 0 fully saturated rings. The van der Waals surface area contributed by atoms with Crippen LogP contribution in [0.4, 0.5) is 4.39 Å². The lowest BCUT2D eigenvalue weighted by molar-refractivity contribution is -0.169. The fraction of sp³-hybridized carbons (Fsp3) is 0.611. The van der Waals surface area contributed by atoms with Crippen molar-refractivity contribution in [2.24, 2.45) is 41.2 Å². The molecule has 16 nitrogen and oxygen atoms in total. The Kier molecular flexibility index (Phi) is 23.0. The minimum absolute atomic E-state index is 0.0139. The van der Waals surface area contributed by atoms with E-state index < -0.39 is 77.6 Å². The molecule has 17 heteroatoms. The zero-order chi connectivity index (χ0) is 53.4. The van der Waals surface area contributed by atoms with Crippen LogP contribution in [0, 0.1) is 52.8 Å². The number of Topliss-reactive ketones (excluding diaryl/α,β-unsaturated/α-hetero) is 2. The Balaban J connectivity index is 2.13. The standard InChI is InChI=1S/C54H78FN7O9/c1-32(2)22-38(50(65)59(10)36(9)54(70)71-48(53(68)69)18-15-21-56)27-47(64)45(26-40-31-62(43-17-14-13-16-41(40)43)30-37-19-20-49(55)58-29-37)60(11)51(66)39(23-33(3)4)28-46(63)44(25-35(7)8)61(12)52(67)42(57)24-34(5)6/h13-14,16-17,19-20,29,31-36,38-39,42,44-45,48H,15,18,22-28,30,57H2,1-12H3,(H,68,69)/t36-,38+,39+,42-,44-,45-,48+/m0/s1. The maximum absolute atomic E-state index is 15.2. The van der Waals surface area contributed by atoms with Crippen molar-refractivity contribution < 1.29 is 47.8 Å². The van der Waals surface area contributed by atoms with Gasteiger partial charge in [0.1, 0.15) is 6.04 Å². The number of fused-ring (bicyclic) bond motifs is 1. The van der Waals surface area contributed by atoms with E-state index in [1.54, 1.807) is 13.1 Å².